The van der Waals surface area contributed by atoms with Crippen molar-refractivity contribution < 1.29 is 4.79 Å². The molecule has 0 aliphatic heterocycles. The zero-order chi connectivity index (χ0) is 14.1. The van der Waals surface area contributed by atoms with Crippen LogP contribution >= 0.6 is 0 Å². The van der Waals surface area contributed by atoms with E-state index in [1.54, 1.807) is 19.0 Å². The molecule has 0 aromatic rings. The lowest BCUT2D eigenvalue weighted by Crippen LogP contribution is -2.41. The van der Waals surface area contributed by atoms with Gasteiger partial charge in [-0.15, -0.1) is 0 Å². The molecule has 1 N–H and O–H groups in total. The van der Waals surface area contributed by atoms with Crippen LogP contribution in [-0.4, -0.2) is 61.5 Å². The second kappa shape index (κ2) is 9.34. The van der Waals surface area contributed by atoms with Crippen molar-refractivity contribution >= 4 is 5.91 Å². The topological polar surface area (TPSA) is 35.6 Å². The molecule has 0 atom stereocenters. The lowest BCUT2D eigenvalue weighted by atomic mass is 10.2. The number of nitrogens with one attached hydrogen (secondary N) is 1. The van der Waals surface area contributed by atoms with Gasteiger partial charge < -0.3 is 10.2 Å². The second-order valence-electron chi connectivity index (χ2n) is 5.57. The number of nitrogens with zero attached hydrogens (tertiary/aromatic N) is 2. The molecule has 0 spiro atoms. The van der Waals surface area contributed by atoms with Gasteiger partial charge in [0.1, 0.15) is 0 Å². The molecule has 4 heteroatoms. The highest BCUT2D eigenvalue weighted by molar-refractivity contribution is 5.75. The molecular weight excluding hydrogens is 226 g/mol. The van der Waals surface area contributed by atoms with Crippen molar-refractivity contribution in [2.24, 2.45) is 0 Å². The molecule has 0 bridgehead atoms. The first-order chi connectivity index (χ1) is 8.36. The van der Waals surface area contributed by atoms with E-state index in [1.165, 1.54) is 0 Å². The number of carbonyl (C=O) groups excluding carboxylic acids is 1. The van der Waals surface area contributed by atoms with Crippen LogP contribution in [-0.2, 0) is 4.79 Å². The third-order valence-electron chi connectivity index (χ3n) is 3.12. The van der Waals surface area contributed by atoms with Gasteiger partial charge in [0.15, 0.2) is 0 Å². The highest BCUT2D eigenvalue weighted by Crippen LogP contribution is 2.03. The average Bonchev–Trinajstić information content (AvgIpc) is 2.26. The molecule has 18 heavy (non-hydrogen) atoms. The number of amides is 1. The first kappa shape index (κ1) is 17.4. The molecule has 0 aromatic carbocycles. The summed E-state index contributed by atoms with van der Waals surface area (Å²) in [6.07, 6.45) is 1.55. The normalized spacial score (nSPS) is 11.6. The van der Waals surface area contributed by atoms with E-state index < -0.39 is 0 Å². The second-order valence-corrected chi connectivity index (χ2v) is 5.57. The van der Waals surface area contributed by atoms with Crippen LogP contribution in [0.3, 0.4) is 0 Å². The Morgan fingerprint density at radius 1 is 1.06 bits per heavy atom. The molecule has 0 aromatic heterocycles. The van der Waals surface area contributed by atoms with E-state index >= 15 is 0 Å². The van der Waals surface area contributed by atoms with Gasteiger partial charge in [0.05, 0.1) is 0 Å². The summed E-state index contributed by atoms with van der Waals surface area (Å²) in [6, 6.07) is 1.17. The van der Waals surface area contributed by atoms with Crippen molar-refractivity contribution in [2.45, 2.75) is 52.6 Å². The van der Waals surface area contributed by atoms with E-state index in [9.17, 15) is 4.79 Å². The van der Waals surface area contributed by atoms with Gasteiger partial charge in [-0.25, -0.2) is 0 Å². The van der Waals surface area contributed by atoms with Crippen molar-refractivity contribution in [3.05, 3.63) is 0 Å². The zero-order valence-corrected chi connectivity index (χ0v) is 13.0. The fourth-order valence-electron chi connectivity index (χ4n) is 2.03. The van der Waals surface area contributed by atoms with Crippen LogP contribution < -0.4 is 5.32 Å². The van der Waals surface area contributed by atoms with Crippen molar-refractivity contribution in [2.75, 3.05) is 33.7 Å². The highest BCUT2D eigenvalue weighted by atomic mass is 16.2. The molecule has 0 fully saturated rings. The quantitative estimate of drug-likeness (QED) is 0.637. The summed E-state index contributed by atoms with van der Waals surface area (Å²) in [4.78, 5) is 15.5. The summed E-state index contributed by atoms with van der Waals surface area (Å²) >= 11 is 0. The van der Waals surface area contributed by atoms with Crippen LogP contribution in [0.4, 0.5) is 0 Å². The van der Waals surface area contributed by atoms with Crippen LogP contribution in [0.25, 0.3) is 0 Å². The van der Waals surface area contributed by atoms with E-state index in [-0.39, 0.29) is 5.91 Å². The van der Waals surface area contributed by atoms with Gasteiger partial charge in [0, 0.05) is 45.7 Å². The molecule has 0 radical (unpaired) electrons. The monoisotopic (exact) mass is 257 g/mol. The Bertz CT molecular complexity index is 219. The zero-order valence-electron chi connectivity index (χ0n) is 13.0. The molecule has 0 unspecified atom stereocenters. The Balaban J connectivity index is 3.58. The third kappa shape index (κ3) is 7.67. The smallest absolute Gasteiger partial charge is 0.222 e. The van der Waals surface area contributed by atoms with Gasteiger partial charge >= 0.3 is 0 Å². The molecule has 0 saturated carbocycles. The minimum absolute atomic E-state index is 0.211. The number of carbonyl (C=O) groups is 1. The molecular formula is C14H31N3O. The molecule has 0 aliphatic carbocycles. The summed E-state index contributed by atoms with van der Waals surface area (Å²) in [5.74, 6) is 0.211. The van der Waals surface area contributed by atoms with E-state index in [2.05, 4.69) is 37.9 Å². The molecule has 0 heterocycles. The standard InChI is InChI=1S/C14H31N3O/c1-12(2)17(13(3)4)11-10-15-9-7-8-14(18)16(5)6/h12-13,15H,7-11H2,1-6H3. The van der Waals surface area contributed by atoms with Crippen molar-refractivity contribution in [3.63, 3.8) is 0 Å². The summed E-state index contributed by atoms with van der Waals surface area (Å²) < 4.78 is 0. The van der Waals surface area contributed by atoms with E-state index in [1.807, 2.05) is 0 Å². The van der Waals surface area contributed by atoms with Gasteiger partial charge in [-0.1, -0.05) is 0 Å². The van der Waals surface area contributed by atoms with Crippen LogP contribution in [0.1, 0.15) is 40.5 Å². The van der Waals surface area contributed by atoms with Crippen LogP contribution in [0.5, 0.6) is 0 Å². The fraction of sp³-hybridized carbons (Fsp3) is 0.929. The molecule has 108 valence electrons. The Morgan fingerprint density at radius 3 is 2.06 bits per heavy atom. The highest BCUT2D eigenvalue weighted by Gasteiger charge is 2.12. The Hall–Kier alpha value is -0.610. The number of hydrogen-bond donors (Lipinski definition) is 1. The molecule has 0 rings (SSSR count). The van der Waals surface area contributed by atoms with Crippen LogP contribution in [0.2, 0.25) is 0 Å². The Labute approximate surface area is 113 Å². The van der Waals surface area contributed by atoms with Gasteiger partial charge in [0.2, 0.25) is 5.91 Å². The molecule has 0 aliphatic rings. The largest absolute Gasteiger partial charge is 0.349 e. The summed E-state index contributed by atoms with van der Waals surface area (Å²) in [5, 5.41) is 3.41. The van der Waals surface area contributed by atoms with E-state index in [0.717, 1.165) is 26.1 Å². The fourth-order valence-corrected chi connectivity index (χ4v) is 2.03. The maximum atomic E-state index is 11.4. The van der Waals surface area contributed by atoms with Gasteiger partial charge in [-0.2, -0.15) is 0 Å². The number of hydrogen-bond acceptors (Lipinski definition) is 3. The average molecular weight is 257 g/mol. The summed E-state index contributed by atoms with van der Waals surface area (Å²) in [5.41, 5.74) is 0. The first-order valence-corrected chi connectivity index (χ1v) is 7.02. The SMILES string of the molecule is CC(C)N(CCNCCCC(=O)N(C)C)C(C)C. The van der Waals surface area contributed by atoms with Gasteiger partial charge in [0.25, 0.3) is 0 Å². The molecule has 4 nitrogen and oxygen atoms in total. The van der Waals surface area contributed by atoms with Crippen molar-refractivity contribution in [1.29, 1.82) is 0 Å². The van der Waals surface area contributed by atoms with Crippen LogP contribution in [0.15, 0.2) is 0 Å². The molecule has 1 amide bonds. The molecule has 0 saturated heterocycles. The lowest BCUT2D eigenvalue weighted by molar-refractivity contribution is -0.128. The minimum Gasteiger partial charge on any atom is -0.349 e. The van der Waals surface area contributed by atoms with Crippen LogP contribution in [0, 0.1) is 0 Å². The van der Waals surface area contributed by atoms with E-state index in [0.29, 0.717) is 18.5 Å². The van der Waals surface area contributed by atoms with E-state index in [4.69, 9.17) is 0 Å². The maximum absolute atomic E-state index is 11.4. The third-order valence-corrected chi connectivity index (χ3v) is 3.12. The predicted molar refractivity (Wildman–Crippen MR) is 77.8 cm³/mol. The van der Waals surface area contributed by atoms with Crippen molar-refractivity contribution in [1.82, 2.24) is 15.1 Å². The minimum atomic E-state index is 0.211. The summed E-state index contributed by atoms with van der Waals surface area (Å²) in [7, 11) is 3.61. The Morgan fingerprint density at radius 2 is 1.61 bits per heavy atom. The first-order valence-electron chi connectivity index (χ1n) is 7.02. The predicted octanol–water partition coefficient (Wildman–Crippen LogP) is 1.56. The number of rotatable bonds is 9. The Kier molecular flexibility index (Phi) is 9.02. The van der Waals surface area contributed by atoms with Crippen molar-refractivity contribution in [3.8, 4) is 0 Å². The van der Waals surface area contributed by atoms with Gasteiger partial charge in [-0.05, 0) is 40.7 Å². The summed E-state index contributed by atoms with van der Waals surface area (Å²) in [6.45, 7) is 11.9. The lowest BCUT2D eigenvalue weighted by Gasteiger charge is -2.30. The van der Waals surface area contributed by atoms with Gasteiger partial charge in [-0.3, -0.25) is 9.69 Å². The maximum Gasteiger partial charge on any atom is 0.222 e.